The Labute approximate surface area is 114 Å². The summed E-state index contributed by atoms with van der Waals surface area (Å²) in [5.41, 5.74) is 4.25. The molecule has 0 aromatic rings. The fraction of sp³-hybridized carbons (Fsp3) is 0.556. The average molecular weight is 246 g/mol. The lowest BCUT2D eigenvalue weighted by Crippen LogP contribution is -1.90. The second-order valence-electron chi connectivity index (χ2n) is 5.21. The van der Waals surface area contributed by atoms with Crippen molar-refractivity contribution in [3.8, 4) is 0 Å². The maximum Gasteiger partial charge on any atom is -0.0247 e. The minimum Gasteiger partial charge on any atom is -0.103 e. The van der Waals surface area contributed by atoms with Crippen LogP contribution in [0.3, 0.4) is 0 Å². The molecule has 0 aliphatic rings. The quantitative estimate of drug-likeness (QED) is 0.226. The summed E-state index contributed by atoms with van der Waals surface area (Å²) in [7, 11) is 0. The van der Waals surface area contributed by atoms with Crippen LogP contribution in [0.25, 0.3) is 0 Å². The predicted molar refractivity (Wildman–Crippen MR) is 84.8 cm³/mol. The summed E-state index contributed by atoms with van der Waals surface area (Å²) in [6.45, 7) is 16.0. The van der Waals surface area contributed by atoms with Crippen LogP contribution in [0.5, 0.6) is 0 Å². The van der Waals surface area contributed by atoms with Gasteiger partial charge in [-0.05, 0) is 52.4 Å². The number of allylic oxidation sites excluding steroid dienone is 5. The smallest absolute Gasteiger partial charge is 0.0247 e. The van der Waals surface area contributed by atoms with E-state index in [-0.39, 0.29) is 0 Å². The molecule has 18 heavy (non-hydrogen) atoms. The van der Waals surface area contributed by atoms with Gasteiger partial charge in [0.25, 0.3) is 0 Å². The summed E-state index contributed by atoms with van der Waals surface area (Å²) in [5, 5.41) is 0. The molecule has 0 heterocycles. The summed E-state index contributed by atoms with van der Waals surface area (Å²) in [4.78, 5) is 0. The molecule has 0 spiro atoms. The lowest BCUT2D eigenvalue weighted by Gasteiger charge is -2.10. The number of hydrogen-bond donors (Lipinski definition) is 0. The molecule has 0 saturated carbocycles. The average Bonchev–Trinajstić information content (AvgIpc) is 2.36. The van der Waals surface area contributed by atoms with Gasteiger partial charge in [0.05, 0.1) is 0 Å². The van der Waals surface area contributed by atoms with Crippen molar-refractivity contribution < 1.29 is 0 Å². The van der Waals surface area contributed by atoms with Gasteiger partial charge in [0.15, 0.2) is 0 Å². The van der Waals surface area contributed by atoms with E-state index < -0.39 is 0 Å². The molecule has 0 unspecified atom stereocenters. The Kier molecular flexibility index (Phi) is 10.4. The summed E-state index contributed by atoms with van der Waals surface area (Å²) in [5.74, 6) is 0. The Morgan fingerprint density at radius 3 is 2.11 bits per heavy atom. The molecule has 0 rings (SSSR count). The van der Waals surface area contributed by atoms with Gasteiger partial charge in [0.2, 0.25) is 0 Å². The minimum absolute atomic E-state index is 1.06. The third-order valence-electron chi connectivity index (χ3n) is 3.38. The van der Waals surface area contributed by atoms with Crippen LogP contribution in [0.15, 0.2) is 48.6 Å². The first-order valence-corrected chi connectivity index (χ1v) is 7.18. The zero-order valence-corrected chi connectivity index (χ0v) is 12.4. The van der Waals surface area contributed by atoms with Crippen LogP contribution in [-0.2, 0) is 0 Å². The van der Waals surface area contributed by atoms with Crippen molar-refractivity contribution in [1.82, 2.24) is 0 Å². The van der Waals surface area contributed by atoms with Crippen LogP contribution in [-0.4, -0.2) is 0 Å². The van der Waals surface area contributed by atoms with Gasteiger partial charge in [-0.3, -0.25) is 0 Å². The van der Waals surface area contributed by atoms with Crippen LogP contribution >= 0.6 is 0 Å². The van der Waals surface area contributed by atoms with Crippen molar-refractivity contribution in [3.05, 3.63) is 48.6 Å². The topological polar surface area (TPSA) is 0 Å². The van der Waals surface area contributed by atoms with E-state index in [4.69, 9.17) is 0 Å². The van der Waals surface area contributed by atoms with E-state index in [9.17, 15) is 0 Å². The monoisotopic (exact) mass is 246 g/mol. The Balaban J connectivity index is 3.85. The molecule has 0 heteroatoms. The van der Waals surface area contributed by atoms with Crippen molar-refractivity contribution in [3.63, 3.8) is 0 Å². The summed E-state index contributed by atoms with van der Waals surface area (Å²) < 4.78 is 0. The second-order valence-corrected chi connectivity index (χ2v) is 5.21. The lowest BCUT2D eigenvalue weighted by molar-refractivity contribution is 0.634. The molecule has 0 saturated heterocycles. The third-order valence-corrected chi connectivity index (χ3v) is 3.38. The van der Waals surface area contributed by atoms with Crippen LogP contribution in [0.2, 0.25) is 0 Å². The zero-order valence-electron chi connectivity index (χ0n) is 12.4. The molecule has 0 bridgehead atoms. The van der Waals surface area contributed by atoms with Gasteiger partial charge in [-0.1, -0.05) is 54.9 Å². The maximum absolute atomic E-state index is 3.98. The SMILES string of the molecule is C=CCCCCCCC(CCC(=C)C=C)=C(C)C. The highest BCUT2D eigenvalue weighted by atomic mass is 14.1. The van der Waals surface area contributed by atoms with Crippen molar-refractivity contribution in [1.29, 1.82) is 0 Å². The highest BCUT2D eigenvalue weighted by molar-refractivity contribution is 5.16. The van der Waals surface area contributed by atoms with E-state index in [1.54, 1.807) is 5.57 Å². The molecule has 0 aromatic heterocycles. The molecule has 0 radical (unpaired) electrons. The molecule has 0 nitrogen and oxygen atoms in total. The minimum atomic E-state index is 1.06. The molecule has 0 aromatic carbocycles. The van der Waals surface area contributed by atoms with Crippen molar-refractivity contribution in [2.45, 2.75) is 65.2 Å². The van der Waals surface area contributed by atoms with E-state index in [0.717, 1.165) is 24.8 Å². The number of unbranched alkanes of at least 4 members (excludes halogenated alkanes) is 4. The normalized spacial score (nSPS) is 9.89. The summed E-state index contributed by atoms with van der Waals surface area (Å²) in [6, 6.07) is 0. The molecular weight excluding hydrogens is 216 g/mol. The van der Waals surface area contributed by atoms with Gasteiger partial charge in [-0.15, -0.1) is 6.58 Å². The molecule has 0 N–H and O–H groups in total. The van der Waals surface area contributed by atoms with E-state index in [0.29, 0.717) is 0 Å². The molecule has 0 aliphatic heterocycles. The van der Waals surface area contributed by atoms with Crippen molar-refractivity contribution in [2.24, 2.45) is 0 Å². The van der Waals surface area contributed by atoms with E-state index in [1.165, 1.54) is 37.7 Å². The Morgan fingerprint density at radius 1 is 0.889 bits per heavy atom. The highest BCUT2D eigenvalue weighted by Crippen LogP contribution is 2.21. The first-order valence-electron chi connectivity index (χ1n) is 7.18. The number of rotatable bonds is 11. The summed E-state index contributed by atoms with van der Waals surface area (Å²) >= 11 is 0. The fourth-order valence-corrected chi connectivity index (χ4v) is 2.02. The lowest BCUT2D eigenvalue weighted by atomic mass is 9.96. The van der Waals surface area contributed by atoms with E-state index >= 15 is 0 Å². The summed E-state index contributed by atoms with van der Waals surface area (Å²) in [6.07, 6.45) is 13.8. The molecule has 0 fully saturated rings. The van der Waals surface area contributed by atoms with Crippen LogP contribution in [0.1, 0.15) is 65.2 Å². The Hall–Kier alpha value is -1.04. The molecule has 102 valence electrons. The first-order chi connectivity index (χ1) is 8.61. The van der Waals surface area contributed by atoms with Gasteiger partial charge in [0.1, 0.15) is 0 Å². The van der Waals surface area contributed by atoms with Gasteiger partial charge in [-0.25, -0.2) is 0 Å². The van der Waals surface area contributed by atoms with Gasteiger partial charge < -0.3 is 0 Å². The van der Waals surface area contributed by atoms with Crippen molar-refractivity contribution >= 4 is 0 Å². The fourth-order valence-electron chi connectivity index (χ4n) is 2.02. The standard InChI is InChI=1S/C18H30/c1-6-8-9-10-11-12-13-18(16(3)4)15-14-17(5)7-2/h6-7H,1-2,5,8-15H2,3-4H3. The predicted octanol–water partition coefficient (Wildman–Crippen LogP) is 6.37. The van der Waals surface area contributed by atoms with Crippen LogP contribution < -0.4 is 0 Å². The zero-order chi connectivity index (χ0) is 13.8. The van der Waals surface area contributed by atoms with E-state index in [1.807, 2.05) is 12.2 Å². The largest absolute Gasteiger partial charge is 0.103 e. The Morgan fingerprint density at radius 2 is 1.56 bits per heavy atom. The van der Waals surface area contributed by atoms with Crippen LogP contribution in [0, 0.1) is 0 Å². The number of hydrogen-bond acceptors (Lipinski definition) is 0. The molecule has 0 aliphatic carbocycles. The van der Waals surface area contributed by atoms with Gasteiger partial charge in [-0.2, -0.15) is 0 Å². The first kappa shape index (κ1) is 17.0. The second kappa shape index (κ2) is 11.1. The van der Waals surface area contributed by atoms with Gasteiger partial charge >= 0.3 is 0 Å². The van der Waals surface area contributed by atoms with Crippen LogP contribution in [0.4, 0.5) is 0 Å². The molecule has 0 amide bonds. The third kappa shape index (κ3) is 9.04. The molecule has 0 atom stereocenters. The van der Waals surface area contributed by atoms with E-state index in [2.05, 4.69) is 33.6 Å². The van der Waals surface area contributed by atoms with Crippen molar-refractivity contribution in [2.75, 3.05) is 0 Å². The molecular formula is C18H30. The highest BCUT2D eigenvalue weighted by Gasteiger charge is 2.01. The maximum atomic E-state index is 3.98. The van der Waals surface area contributed by atoms with Gasteiger partial charge in [0, 0.05) is 0 Å². The Bertz CT molecular complexity index is 287.